The van der Waals surface area contributed by atoms with Gasteiger partial charge in [-0.25, -0.2) is 13.6 Å². The average Bonchev–Trinajstić information content (AvgIpc) is 2.94. The first kappa shape index (κ1) is 29.1. The van der Waals surface area contributed by atoms with Crippen LogP contribution in [0.4, 0.5) is 13.6 Å². The van der Waals surface area contributed by atoms with Crippen molar-refractivity contribution in [2.24, 2.45) is 0 Å². The van der Waals surface area contributed by atoms with Gasteiger partial charge in [0.2, 0.25) is 6.41 Å². The molecule has 39 heavy (non-hydrogen) atoms. The van der Waals surface area contributed by atoms with E-state index in [0.29, 0.717) is 24.3 Å². The molecule has 206 valence electrons. The maximum atomic E-state index is 12.8. The Labute approximate surface area is 226 Å². The van der Waals surface area contributed by atoms with Crippen LogP contribution in [0.25, 0.3) is 11.1 Å². The summed E-state index contributed by atoms with van der Waals surface area (Å²) in [6, 6.07) is 20.1. The second-order valence-electron chi connectivity index (χ2n) is 8.71. The van der Waals surface area contributed by atoms with Gasteiger partial charge in [-0.1, -0.05) is 36.4 Å². The molecular formula is C29H31F2N3O5. The number of nitrogens with one attached hydrogen (secondary N) is 1. The number of rotatable bonds is 12. The molecular weight excluding hydrogens is 508 g/mol. The molecule has 0 fully saturated rings. The largest absolute Gasteiger partial charge is 0.489 e. The van der Waals surface area contributed by atoms with Crippen LogP contribution >= 0.6 is 0 Å². The van der Waals surface area contributed by atoms with E-state index in [1.54, 1.807) is 43.3 Å². The topological polar surface area (TPSA) is 88.2 Å². The van der Waals surface area contributed by atoms with Gasteiger partial charge in [-0.3, -0.25) is 9.59 Å². The van der Waals surface area contributed by atoms with Crippen molar-refractivity contribution in [1.82, 2.24) is 15.3 Å². The molecule has 0 aromatic heterocycles. The summed E-state index contributed by atoms with van der Waals surface area (Å²) in [6.07, 6.45) is -2.90. The SMILES string of the molecule is CCN(CC(F)F)C(=O)c1ccc(-c2cccc(COc3ccc(CN(C=O)OC(=O)NC)cc3)c2)c(C)c1. The summed E-state index contributed by atoms with van der Waals surface area (Å²) in [6.45, 7) is 3.57. The lowest BCUT2D eigenvalue weighted by molar-refractivity contribution is -0.152. The number of hydrogen-bond donors (Lipinski definition) is 1. The Balaban J connectivity index is 1.65. The minimum absolute atomic E-state index is 0.0890. The quantitative estimate of drug-likeness (QED) is 0.253. The fourth-order valence-electron chi connectivity index (χ4n) is 3.93. The first-order valence-electron chi connectivity index (χ1n) is 12.3. The predicted octanol–water partition coefficient (Wildman–Crippen LogP) is 5.20. The van der Waals surface area contributed by atoms with Crippen molar-refractivity contribution in [2.45, 2.75) is 33.4 Å². The van der Waals surface area contributed by atoms with Gasteiger partial charge in [-0.2, -0.15) is 5.06 Å². The molecule has 0 radical (unpaired) electrons. The van der Waals surface area contributed by atoms with Crippen LogP contribution in [0.15, 0.2) is 66.7 Å². The average molecular weight is 540 g/mol. The number of hydrogen-bond acceptors (Lipinski definition) is 5. The molecule has 0 saturated carbocycles. The molecule has 3 rings (SSSR count). The van der Waals surface area contributed by atoms with E-state index < -0.39 is 25.0 Å². The molecule has 0 aliphatic carbocycles. The first-order chi connectivity index (χ1) is 18.7. The minimum atomic E-state index is -2.58. The van der Waals surface area contributed by atoms with Crippen LogP contribution in [0, 0.1) is 6.92 Å². The van der Waals surface area contributed by atoms with Crippen LogP contribution in [-0.4, -0.2) is 54.9 Å². The zero-order valence-corrected chi connectivity index (χ0v) is 22.0. The van der Waals surface area contributed by atoms with Gasteiger partial charge in [0.05, 0.1) is 13.1 Å². The maximum Gasteiger partial charge on any atom is 0.431 e. The number of aryl methyl sites for hydroxylation is 1. The number of hydroxylamine groups is 2. The molecule has 0 spiro atoms. The number of nitrogens with zero attached hydrogens (tertiary/aromatic N) is 2. The van der Waals surface area contributed by atoms with Crippen LogP contribution in [-0.2, 0) is 22.8 Å². The number of carbonyl (C=O) groups excluding carboxylic acids is 3. The van der Waals surface area contributed by atoms with Gasteiger partial charge in [0.15, 0.2) is 0 Å². The van der Waals surface area contributed by atoms with Gasteiger partial charge in [-0.15, -0.1) is 0 Å². The second kappa shape index (κ2) is 13.9. The number of amides is 3. The molecule has 3 amide bonds. The third kappa shape index (κ3) is 8.26. The summed E-state index contributed by atoms with van der Waals surface area (Å²) in [4.78, 5) is 41.0. The highest BCUT2D eigenvalue weighted by atomic mass is 19.3. The molecule has 3 aromatic carbocycles. The van der Waals surface area contributed by atoms with E-state index in [1.807, 2.05) is 37.3 Å². The van der Waals surface area contributed by atoms with Crippen LogP contribution in [0.5, 0.6) is 5.75 Å². The lowest BCUT2D eigenvalue weighted by Gasteiger charge is -2.21. The standard InChI is InChI=1S/C29H31F2N3O5/c1-4-33(17-27(30)31)28(36)24-10-13-26(20(2)14-24)23-7-5-6-22(15-23)18-38-25-11-8-21(9-12-25)16-34(19-35)39-29(37)32-3/h5-15,19,27H,4,16-18H2,1-3H3,(H,32,37). The van der Waals surface area contributed by atoms with Gasteiger partial charge in [-0.05, 0) is 72.0 Å². The second-order valence-corrected chi connectivity index (χ2v) is 8.71. The summed E-state index contributed by atoms with van der Waals surface area (Å²) in [5.74, 6) is 0.204. The number of ether oxygens (including phenoxy) is 1. The van der Waals surface area contributed by atoms with Crippen LogP contribution in [0.2, 0.25) is 0 Å². The maximum absolute atomic E-state index is 12.8. The molecule has 3 aromatic rings. The molecule has 8 nitrogen and oxygen atoms in total. The first-order valence-corrected chi connectivity index (χ1v) is 12.3. The molecule has 1 N–H and O–H groups in total. The Bertz CT molecular complexity index is 1280. The molecule has 0 bridgehead atoms. The molecule has 0 heterocycles. The third-order valence-corrected chi connectivity index (χ3v) is 5.93. The molecule has 10 heteroatoms. The van der Waals surface area contributed by atoms with E-state index >= 15 is 0 Å². The van der Waals surface area contributed by atoms with E-state index in [0.717, 1.165) is 37.8 Å². The molecule has 0 atom stereocenters. The van der Waals surface area contributed by atoms with Gasteiger partial charge < -0.3 is 19.8 Å². The normalized spacial score (nSPS) is 10.6. The Morgan fingerprint density at radius 2 is 1.77 bits per heavy atom. The summed E-state index contributed by atoms with van der Waals surface area (Å²) >= 11 is 0. The number of alkyl halides is 2. The van der Waals surface area contributed by atoms with Crippen molar-refractivity contribution >= 4 is 18.4 Å². The molecule has 0 aliphatic heterocycles. The van der Waals surface area contributed by atoms with E-state index in [2.05, 4.69) is 5.32 Å². The number of halogens is 2. The number of carbonyl (C=O) groups is 3. The Kier molecular flexibility index (Phi) is 10.4. The zero-order valence-electron chi connectivity index (χ0n) is 22.0. The van der Waals surface area contributed by atoms with E-state index in [1.165, 1.54) is 7.05 Å². The summed E-state index contributed by atoms with van der Waals surface area (Å²) in [5.41, 5.74) is 4.76. The molecule has 0 aliphatic rings. The van der Waals surface area contributed by atoms with Gasteiger partial charge >= 0.3 is 6.09 Å². The molecule has 0 unspecified atom stereocenters. The van der Waals surface area contributed by atoms with Crippen molar-refractivity contribution in [3.05, 3.63) is 89.0 Å². The van der Waals surface area contributed by atoms with Crippen molar-refractivity contribution < 1.29 is 32.7 Å². The Morgan fingerprint density at radius 3 is 2.38 bits per heavy atom. The van der Waals surface area contributed by atoms with E-state index in [4.69, 9.17) is 9.57 Å². The Morgan fingerprint density at radius 1 is 1.03 bits per heavy atom. The zero-order chi connectivity index (χ0) is 28.4. The van der Waals surface area contributed by atoms with Gasteiger partial charge in [0.1, 0.15) is 12.4 Å². The number of benzene rings is 3. The van der Waals surface area contributed by atoms with Crippen molar-refractivity contribution in [3.63, 3.8) is 0 Å². The van der Waals surface area contributed by atoms with E-state index in [-0.39, 0.29) is 13.1 Å². The fraction of sp³-hybridized carbons (Fsp3) is 0.276. The van der Waals surface area contributed by atoms with Crippen molar-refractivity contribution in [1.29, 1.82) is 0 Å². The summed E-state index contributed by atoms with van der Waals surface area (Å²) in [5, 5.41) is 3.16. The van der Waals surface area contributed by atoms with Gasteiger partial charge in [0, 0.05) is 19.2 Å². The Hall–Kier alpha value is -4.47. The summed E-state index contributed by atoms with van der Waals surface area (Å²) in [7, 11) is 1.40. The molecule has 0 saturated heterocycles. The predicted molar refractivity (Wildman–Crippen MR) is 142 cm³/mol. The lowest BCUT2D eigenvalue weighted by Crippen LogP contribution is -2.34. The van der Waals surface area contributed by atoms with Crippen molar-refractivity contribution in [2.75, 3.05) is 20.1 Å². The monoisotopic (exact) mass is 539 g/mol. The van der Waals surface area contributed by atoms with Gasteiger partial charge in [0.25, 0.3) is 12.3 Å². The summed E-state index contributed by atoms with van der Waals surface area (Å²) < 4.78 is 31.5. The third-order valence-electron chi connectivity index (χ3n) is 5.93. The minimum Gasteiger partial charge on any atom is -0.489 e. The van der Waals surface area contributed by atoms with Crippen LogP contribution in [0.1, 0.15) is 34.0 Å². The lowest BCUT2D eigenvalue weighted by atomic mass is 9.97. The fourth-order valence-corrected chi connectivity index (χ4v) is 3.93. The van der Waals surface area contributed by atoms with E-state index in [9.17, 15) is 23.2 Å². The van der Waals surface area contributed by atoms with Crippen molar-refractivity contribution in [3.8, 4) is 16.9 Å². The van der Waals surface area contributed by atoms with Crippen LogP contribution in [0.3, 0.4) is 0 Å². The van der Waals surface area contributed by atoms with Crippen LogP contribution < -0.4 is 10.1 Å². The smallest absolute Gasteiger partial charge is 0.431 e. The highest BCUT2D eigenvalue weighted by Gasteiger charge is 2.19. The highest BCUT2D eigenvalue weighted by molar-refractivity contribution is 5.95. The highest BCUT2D eigenvalue weighted by Crippen LogP contribution is 2.26.